The summed E-state index contributed by atoms with van der Waals surface area (Å²) >= 11 is 0. The van der Waals surface area contributed by atoms with Crippen LogP contribution in [0, 0.1) is 0 Å². The second-order valence-electron chi connectivity index (χ2n) is 18.5. The van der Waals surface area contributed by atoms with Crippen molar-refractivity contribution in [2.75, 3.05) is 0 Å². The number of para-hydroxylation sites is 4. The van der Waals surface area contributed by atoms with E-state index < -0.39 is 0 Å². The molecular weight excluding hydrogens is 853 g/mol. The Balaban J connectivity index is 0.950. The highest BCUT2D eigenvalue weighted by molar-refractivity contribution is 6.26. The second-order valence-corrected chi connectivity index (χ2v) is 18.5. The lowest BCUT2D eigenvalue weighted by atomic mass is 10.0. The fourth-order valence-corrected chi connectivity index (χ4v) is 11.7. The van der Waals surface area contributed by atoms with E-state index in [0.717, 1.165) is 68.3 Å². The molecule has 15 rings (SSSR count). The highest BCUT2D eigenvalue weighted by atomic mass is 15.1. The quantitative estimate of drug-likeness (QED) is 0.167. The highest BCUT2D eigenvalue weighted by Crippen LogP contribution is 2.45. The minimum absolute atomic E-state index is 0.0273. The van der Waals surface area contributed by atoms with Crippen LogP contribution in [-0.2, 0) is 0 Å². The van der Waals surface area contributed by atoms with Crippen molar-refractivity contribution in [1.29, 1.82) is 0 Å². The molecule has 0 saturated carbocycles. The maximum Gasteiger partial charge on any atom is 0.138 e. The summed E-state index contributed by atoms with van der Waals surface area (Å²) in [6.45, 7) is 0. The van der Waals surface area contributed by atoms with Crippen molar-refractivity contribution in [3.63, 3.8) is 0 Å². The van der Waals surface area contributed by atoms with Crippen molar-refractivity contribution in [2.45, 2.75) is 12.5 Å². The molecule has 70 heavy (non-hydrogen) atoms. The van der Waals surface area contributed by atoms with Crippen molar-refractivity contribution in [2.24, 2.45) is 0 Å². The van der Waals surface area contributed by atoms with Crippen molar-refractivity contribution in [3.05, 3.63) is 237 Å². The van der Waals surface area contributed by atoms with Crippen LogP contribution in [0.5, 0.6) is 0 Å². The third kappa shape index (κ3) is 5.68. The SMILES string of the molecule is C1=CC(n2c3ccccc3c3cc4c(cc32)c2ccccc2n4-c2cccc(-c3ccccc3)n2)=CC(n2c3ccccc3c3ccc4c(c5ccccc5n4-c4cccc(-c5ccccc5)n4)c32)C1. The maximum atomic E-state index is 5.31. The first kappa shape index (κ1) is 38.8. The van der Waals surface area contributed by atoms with E-state index in [2.05, 4.69) is 255 Å². The molecule has 0 N–H and O–H groups in total. The summed E-state index contributed by atoms with van der Waals surface area (Å²) in [7, 11) is 0. The molecule has 1 atom stereocenters. The minimum atomic E-state index is 0.0273. The summed E-state index contributed by atoms with van der Waals surface area (Å²) < 4.78 is 9.81. The number of allylic oxidation sites excluding steroid dienone is 4. The van der Waals surface area contributed by atoms with Gasteiger partial charge in [0.1, 0.15) is 11.6 Å². The summed E-state index contributed by atoms with van der Waals surface area (Å²) in [6.07, 6.45) is 8.07. The summed E-state index contributed by atoms with van der Waals surface area (Å²) in [6, 6.07) is 78.5. The zero-order valence-corrected chi connectivity index (χ0v) is 38.0. The first-order valence-electron chi connectivity index (χ1n) is 24.1. The molecule has 1 unspecified atom stereocenters. The summed E-state index contributed by atoms with van der Waals surface area (Å²) in [5.41, 5.74) is 14.6. The number of nitrogens with zero attached hydrogens (tertiary/aromatic N) is 6. The van der Waals surface area contributed by atoms with Gasteiger partial charge < -0.3 is 9.13 Å². The lowest BCUT2D eigenvalue weighted by Gasteiger charge is -2.23. The molecule has 8 aromatic carbocycles. The Bertz CT molecular complexity index is 4500. The van der Waals surface area contributed by atoms with E-state index in [4.69, 9.17) is 9.97 Å². The molecule has 1 aliphatic rings. The van der Waals surface area contributed by atoms with Gasteiger partial charge in [0.25, 0.3) is 0 Å². The number of hydrogen-bond acceptors (Lipinski definition) is 2. The molecule has 0 saturated heterocycles. The maximum absolute atomic E-state index is 5.31. The van der Waals surface area contributed by atoms with E-state index in [-0.39, 0.29) is 6.04 Å². The predicted octanol–water partition coefficient (Wildman–Crippen LogP) is 16.3. The average Bonchev–Trinajstić information content (AvgIpc) is 4.16. The largest absolute Gasteiger partial charge is 0.332 e. The van der Waals surface area contributed by atoms with Crippen molar-refractivity contribution >= 4 is 92.9 Å². The van der Waals surface area contributed by atoms with Gasteiger partial charge in [-0.15, -0.1) is 0 Å². The fourth-order valence-electron chi connectivity index (χ4n) is 11.7. The topological polar surface area (TPSA) is 45.5 Å². The summed E-state index contributed by atoms with van der Waals surface area (Å²) in [4.78, 5) is 10.6. The van der Waals surface area contributed by atoms with Crippen molar-refractivity contribution in [1.82, 2.24) is 28.2 Å². The Morgan fingerprint density at radius 1 is 0.357 bits per heavy atom. The van der Waals surface area contributed by atoms with E-state index in [1.54, 1.807) is 0 Å². The number of hydrogen-bond donors (Lipinski definition) is 0. The van der Waals surface area contributed by atoms with Gasteiger partial charge in [-0.1, -0.05) is 158 Å². The normalized spacial score (nSPS) is 14.1. The van der Waals surface area contributed by atoms with E-state index in [0.29, 0.717) is 0 Å². The molecule has 0 fully saturated rings. The molecule has 0 spiro atoms. The van der Waals surface area contributed by atoms with Gasteiger partial charge >= 0.3 is 0 Å². The zero-order chi connectivity index (χ0) is 45.9. The Hall–Kier alpha value is -9.26. The number of pyridine rings is 2. The molecule has 6 aromatic heterocycles. The molecule has 328 valence electrons. The second kappa shape index (κ2) is 15.1. The van der Waals surface area contributed by atoms with Gasteiger partial charge in [-0.05, 0) is 85.3 Å². The van der Waals surface area contributed by atoms with Gasteiger partial charge in [0.05, 0.1) is 56.0 Å². The monoisotopic (exact) mass is 894 g/mol. The number of rotatable bonds is 6. The Morgan fingerprint density at radius 3 is 1.46 bits per heavy atom. The van der Waals surface area contributed by atoms with E-state index >= 15 is 0 Å². The van der Waals surface area contributed by atoms with E-state index in [1.165, 1.54) is 65.2 Å². The van der Waals surface area contributed by atoms with Gasteiger partial charge in [-0.25, -0.2) is 9.97 Å². The van der Waals surface area contributed by atoms with Gasteiger partial charge in [-0.2, -0.15) is 0 Å². The third-order valence-electron chi connectivity index (χ3n) is 14.7. The molecule has 6 heteroatoms. The van der Waals surface area contributed by atoms with Crippen LogP contribution < -0.4 is 0 Å². The van der Waals surface area contributed by atoms with E-state index in [1.807, 2.05) is 0 Å². The molecule has 1 aliphatic carbocycles. The van der Waals surface area contributed by atoms with Crippen molar-refractivity contribution < 1.29 is 0 Å². The smallest absolute Gasteiger partial charge is 0.138 e. The standard InChI is InChI=1S/C64H42N6/c1-3-18-41(19-4-1)52-28-16-34-61(65-52)69-57-33-14-10-27-49(57)63-58(69)37-36-48-45-24-7-12-31-55(45)68(64(48)63)44-23-15-22-43(38-44)67-54-30-11-8-25-46(54)50-40-60-51(39-59(50)67)47-26-9-13-32-56(47)70(60)62-35-17-29-53(66-62)42-20-5-2-6-21-42/h1-22,24-40,44H,23H2. The first-order valence-corrected chi connectivity index (χ1v) is 24.1. The van der Waals surface area contributed by atoms with Crippen LogP contribution >= 0.6 is 0 Å². The first-order chi connectivity index (χ1) is 34.7. The lowest BCUT2D eigenvalue weighted by molar-refractivity contribution is 0.648. The molecule has 0 radical (unpaired) electrons. The third-order valence-corrected chi connectivity index (χ3v) is 14.7. The molecule has 6 nitrogen and oxygen atoms in total. The van der Waals surface area contributed by atoms with Gasteiger partial charge in [0.15, 0.2) is 0 Å². The van der Waals surface area contributed by atoms with Crippen LogP contribution in [0.3, 0.4) is 0 Å². The number of aromatic nitrogens is 6. The van der Waals surface area contributed by atoms with Crippen LogP contribution in [0.1, 0.15) is 12.5 Å². The van der Waals surface area contributed by atoms with Crippen molar-refractivity contribution in [3.8, 4) is 34.2 Å². The Morgan fingerprint density at radius 2 is 0.843 bits per heavy atom. The van der Waals surface area contributed by atoms with Crippen LogP contribution in [0.2, 0.25) is 0 Å². The van der Waals surface area contributed by atoms with Crippen LogP contribution in [0.25, 0.3) is 127 Å². The van der Waals surface area contributed by atoms with E-state index in [9.17, 15) is 0 Å². The van der Waals surface area contributed by atoms with Crippen LogP contribution in [0.4, 0.5) is 0 Å². The Labute approximate surface area is 402 Å². The molecule has 14 aromatic rings. The lowest BCUT2D eigenvalue weighted by Crippen LogP contribution is -2.10. The fraction of sp³-hybridized carbons (Fsp3) is 0.0312. The van der Waals surface area contributed by atoms with Crippen LogP contribution in [-0.4, -0.2) is 28.2 Å². The number of benzene rings is 8. The molecule has 0 bridgehead atoms. The number of fused-ring (bicyclic) bond motifs is 13. The van der Waals surface area contributed by atoms with Gasteiger partial charge in [0, 0.05) is 65.4 Å². The highest BCUT2D eigenvalue weighted by Gasteiger charge is 2.26. The van der Waals surface area contributed by atoms with Crippen LogP contribution in [0.15, 0.2) is 237 Å². The summed E-state index contributed by atoms with van der Waals surface area (Å²) in [5.74, 6) is 1.80. The van der Waals surface area contributed by atoms with Gasteiger partial charge in [0.2, 0.25) is 0 Å². The Kier molecular flexibility index (Phi) is 8.38. The molecular formula is C64H42N6. The predicted molar refractivity (Wildman–Crippen MR) is 291 cm³/mol. The average molecular weight is 895 g/mol. The van der Waals surface area contributed by atoms with Gasteiger partial charge in [-0.3, -0.25) is 9.13 Å². The molecule has 0 aliphatic heterocycles. The zero-order valence-electron chi connectivity index (χ0n) is 38.0. The minimum Gasteiger partial charge on any atom is -0.332 e. The summed E-state index contributed by atoms with van der Waals surface area (Å²) in [5, 5.41) is 9.77. The molecule has 6 heterocycles. The molecule has 0 amide bonds.